The van der Waals surface area contributed by atoms with Crippen molar-refractivity contribution in [3.8, 4) is 23.0 Å². The van der Waals surface area contributed by atoms with E-state index in [1.807, 2.05) is 22.9 Å². The molecule has 0 saturated heterocycles. The first-order chi connectivity index (χ1) is 13.7. The van der Waals surface area contributed by atoms with E-state index in [0.29, 0.717) is 35.6 Å². The van der Waals surface area contributed by atoms with Gasteiger partial charge in [0.25, 0.3) is 5.89 Å². The van der Waals surface area contributed by atoms with Gasteiger partial charge in [0.1, 0.15) is 6.10 Å². The van der Waals surface area contributed by atoms with E-state index in [0.717, 1.165) is 16.8 Å². The van der Waals surface area contributed by atoms with E-state index in [-0.39, 0.29) is 6.10 Å². The summed E-state index contributed by atoms with van der Waals surface area (Å²) in [6, 6.07) is 17.6. The summed E-state index contributed by atoms with van der Waals surface area (Å²) in [6.45, 7) is 3.21. The molecule has 3 heterocycles. The zero-order chi connectivity index (χ0) is 19.1. The summed E-state index contributed by atoms with van der Waals surface area (Å²) < 4.78 is 13.4. The molecule has 4 aromatic rings. The van der Waals surface area contributed by atoms with Crippen LogP contribution in [0.15, 0.2) is 59.1 Å². The Bertz CT molecular complexity index is 1120. The second kappa shape index (κ2) is 6.89. The van der Waals surface area contributed by atoms with Gasteiger partial charge in [0.15, 0.2) is 5.69 Å². The molecule has 0 amide bonds. The highest BCUT2D eigenvalue weighted by Gasteiger charge is 2.24. The Kier molecular flexibility index (Phi) is 4.22. The summed E-state index contributed by atoms with van der Waals surface area (Å²) in [5.41, 5.74) is 4.86. The fourth-order valence-corrected chi connectivity index (χ4v) is 3.38. The Labute approximate surface area is 166 Å². The van der Waals surface area contributed by atoms with Crippen molar-refractivity contribution in [1.82, 2.24) is 19.9 Å². The predicted octanol–water partition coefficient (Wildman–Crippen LogP) is 4.83. The number of hydrogen-bond acceptors (Lipinski definition) is 5. The normalized spacial score (nSPS) is 16.1. The average Bonchev–Trinajstić information content (AvgIpc) is 3.35. The Hall–Kier alpha value is -2.96. The molecule has 1 aliphatic rings. The molecule has 2 aromatic heterocycles. The second-order valence-corrected chi connectivity index (χ2v) is 7.28. The van der Waals surface area contributed by atoms with Crippen LogP contribution in [0.4, 0.5) is 0 Å². The number of ether oxygens (including phenoxy) is 1. The highest BCUT2D eigenvalue weighted by Crippen LogP contribution is 2.29. The van der Waals surface area contributed by atoms with E-state index in [1.54, 1.807) is 12.1 Å². The van der Waals surface area contributed by atoms with Crippen LogP contribution < -0.4 is 0 Å². The first-order valence-electron chi connectivity index (χ1n) is 9.00. The monoisotopic (exact) mass is 392 g/mol. The van der Waals surface area contributed by atoms with Crippen LogP contribution in [0.1, 0.15) is 22.9 Å². The fraction of sp³-hybridized carbons (Fsp3) is 0.190. The molecule has 0 unspecified atom stereocenters. The molecule has 0 bridgehead atoms. The van der Waals surface area contributed by atoms with Crippen molar-refractivity contribution in [3.05, 3.63) is 76.4 Å². The molecule has 2 aromatic carbocycles. The molecule has 28 heavy (non-hydrogen) atoms. The standard InChI is InChI=1S/C21H17ClN4O2/c1-13-2-4-14(5-3-13)19-11-26-17(12-27-19)10-18(24-26)21-23-20(25-28-21)15-6-8-16(22)9-7-15/h2-10,19H,11-12H2,1H3/t19-/m0/s1. The molecule has 6 nitrogen and oxygen atoms in total. The number of halogens is 1. The number of hydrogen-bond donors (Lipinski definition) is 0. The van der Waals surface area contributed by atoms with Crippen molar-refractivity contribution < 1.29 is 9.26 Å². The van der Waals surface area contributed by atoms with Crippen molar-refractivity contribution in [3.63, 3.8) is 0 Å². The highest BCUT2D eigenvalue weighted by molar-refractivity contribution is 6.30. The average molecular weight is 393 g/mol. The summed E-state index contributed by atoms with van der Waals surface area (Å²) in [5, 5.41) is 9.38. The molecular weight excluding hydrogens is 376 g/mol. The van der Waals surface area contributed by atoms with Crippen LogP contribution in [0.5, 0.6) is 0 Å². The van der Waals surface area contributed by atoms with Gasteiger partial charge in [-0.3, -0.25) is 4.68 Å². The van der Waals surface area contributed by atoms with Crippen molar-refractivity contribution in [2.45, 2.75) is 26.2 Å². The molecule has 5 rings (SSSR count). The van der Waals surface area contributed by atoms with Gasteiger partial charge in [-0.2, -0.15) is 10.1 Å². The number of aryl methyl sites for hydroxylation is 1. The highest BCUT2D eigenvalue weighted by atomic mass is 35.5. The Morgan fingerprint density at radius 1 is 1.07 bits per heavy atom. The lowest BCUT2D eigenvalue weighted by Crippen LogP contribution is -2.21. The SMILES string of the molecule is Cc1ccc([C@@H]2Cn3nc(-c4nc(-c5ccc(Cl)cc5)no4)cc3CO2)cc1. The van der Waals surface area contributed by atoms with Crippen molar-refractivity contribution in [2.24, 2.45) is 0 Å². The molecule has 0 radical (unpaired) electrons. The zero-order valence-corrected chi connectivity index (χ0v) is 15.9. The third-order valence-electron chi connectivity index (χ3n) is 4.83. The first kappa shape index (κ1) is 17.2. The lowest BCUT2D eigenvalue weighted by molar-refractivity contribution is -0.00113. The van der Waals surface area contributed by atoms with Crippen LogP contribution in [0, 0.1) is 6.92 Å². The van der Waals surface area contributed by atoms with Crippen LogP contribution in [-0.2, 0) is 17.9 Å². The topological polar surface area (TPSA) is 66.0 Å². The third-order valence-corrected chi connectivity index (χ3v) is 5.08. The van der Waals surface area contributed by atoms with Gasteiger partial charge in [-0.05, 0) is 42.8 Å². The number of aromatic nitrogens is 4. The van der Waals surface area contributed by atoms with Gasteiger partial charge in [-0.1, -0.05) is 46.6 Å². The number of rotatable bonds is 3. The van der Waals surface area contributed by atoms with E-state index in [1.165, 1.54) is 5.56 Å². The van der Waals surface area contributed by atoms with Crippen LogP contribution in [0.2, 0.25) is 5.02 Å². The summed E-state index contributed by atoms with van der Waals surface area (Å²) in [4.78, 5) is 4.47. The molecule has 1 atom stereocenters. The smallest absolute Gasteiger partial charge is 0.278 e. The van der Waals surface area contributed by atoms with Crippen LogP contribution in [-0.4, -0.2) is 19.9 Å². The molecule has 1 aliphatic heterocycles. The van der Waals surface area contributed by atoms with Crippen molar-refractivity contribution in [1.29, 1.82) is 0 Å². The van der Waals surface area contributed by atoms with Gasteiger partial charge in [0.2, 0.25) is 5.82 Å². The van der Waals surface area contributed by atoms with Crippen LogP contribution >= 0.6 is 11.6 Å². The van der Waals surface area contributed by atoms with Crippen molar-refractivity contribution in [2.75, 3.05) is 0 Å². The minimum absolute atomic E-state index is 0.0202. The van der Waals surface area contributed by atoms with Gasteiger partial charge in [-0.15, -0.1) is 0 Å². The molecule has 140 valence electrons. The summed E-state index contributed by atoms with van der Waals surface area (Å²) >= 11 is 5.93. The van der Waals surface area contributed by atoms with Gasteiger partial charge < -0.3 is 9.26 Å². The number of benzene rings is 2. The number of nitrogens with zero attached hydrogens (tertiary/aromatic N) is 4. The molecule has 0 N–H and O–H groups in total. The molecule has 0 saturated carbocycles. The lowest BCUT2D eigenvalue weighted by Gasteiger charge is -2.24. The van der Waals surface area contributed by atoms with Gasteiger partial charge in [-0.25, -0.2) is 0 Å². The lowest BCUT2D eigenvalue weighted by atomic mass is 10.1. The molecule has 7 heteroatoms. The predicted molar refractivity (Wildman–Crippen MR) is 105 cm³/mol. The summed E-state index contributed by atoms with van der Waals surface area (Å²) in [5.74, 6) is 0.894. The number of fused-ring (bicyclic) bond motifs is 1. The van der Waals surface area contributed by atoms with Crippen LogP contribution in [0.25, 0.3) is 23.0 Å². The molecular formula is C21H17ClN4O2. The summed E-state index contributed by atoms with van der Waals surface area (Å²) in [6.07, 6.45) is -0.0202. The maximum Gasteiger partial charge on any atom is 0.278 e. The van der Waals surface area contributed by atoms with E-state index in [9.17, 15) is 0 Å². The van der Waals surface area contributed by atoms with Crippen molar-refractivity contribution >= 4 is 11.6 Å². The molecule has 0 fully saturated rings. The maximum absolute atomic E-state index is 6.03. The fourth-order valence-electron chi connectivity index (χ4n) is 3.26. The largest absolute Gasteiger partial charge is 0.365 e. The zero-order valence-electron chi connectivity index (χ0n) is 15.2. The Morgan fingerprint density at radius 2 is 1.86 bits per heavy atom. The van der Waals surface area contributed by atoms with Gasteiger partial charge in [0, 0.05) is 10.6 Å². The van der Waals surface area contributed by atoms with Gasteiger partial charge >= 0.3 is 0 Å². The summed E-state index contributed by atoms with van der Waals surface area (Å²) in [7, 11) is 0. The minimum Gasteiger partial charge on any atom is -0.365 e. The van der Waals surface area contributed by atoms with Crippen LogP contribution in [0.3, 0.4) is 0 Å². The molecule has 0 spiro atoms. The van der Waals surface area contributed by atoms with E-state index in [4.69, 9.17) is 20.9 Å². The van der Waals surface area contributed by atoms with E-state index < -0.39 is 0 Å². The minimum atomic E-state index is -0.0202. The third kappa shape index (κ3) is 3.21. The maximum atomic E-state index is 6.03. The van der Waals surface area contributed by atoms with E-state index in [2.05, 4.69) is 46.4 Å². The second-order valence-electron chi connectivity index (χ2n) is 6.84. The van der Waals surface area contributed by atoms with E-state index >= 15 is 0 Å². The molecule has 0 aliphatic carbocycles. The quantitative estimate of drug-likeness (QED) is 0.499. The Balaban J connectivity index is 1.39. The Morgan fingerprint density at radius 3 is 2.64 bits per heavy atom. The first-order valence-corrected chi connectivity index (χ1v) is 9.38. The van der Waals surface area contributed by atoms with Gasteiger partial charge in [0.05, 0.1) is 18.8 Å².